The van der Waals surface area contributed by atoms with Crippen LogP contribution in [-0.2, 0) is 16.0 Å². The lowest BCUT2D eigenvalue weighted by molar-refractivity contribution is -0.116. The highest BCUT2D eigenvalue weighted by molar-refractivity contribution is 7.18. The van der Waals surface area contributed by atoms with Gasteiger partial charge in [-0.25, -0.2) is 4.98 Å². The fraction of sp³-hybridized carbons (Fsp3) is 0.333. The van der Waals surface area contributed by atoms with E-state index in [-0.39, 0.29) is 5.91 Å². The first-order valence-electron chi connectivity index (χ1n) is 9.35. The van der Waals surface area contributed by atoms with Gasteiger partial charge in [-0.1, -0.05) is 24.3 Å². The smallest absolute Gasteiger partial charge is 0.224 e. The van der Waals surface area contributed by atoms with E-state index >= 15 is 0 Å². The number of carbonyl (C=O) groups is 1. The van der Waals surface area contributed by atoms with Crippen molar-refractivity contribution in [3.05, 3.63) is 53.5 Å². The largest absolute Gasteiger partial charge is 0.378 e. The van der Waals surface area contributed by atoms with E-state index in [1.165, 1.54) is 4.70 Å². The van der Waals surface area contributed by atoms with Gasteiger partial charge < -0.3 is 15.0 Å². The number of benzene rings is 2. The summed E-state index contributed by atoms with van der Waals surface area (Å²) in [6.45, 7) is 3.16. The zero-order chi connectivity index (χ0) is 18.5. The molecule has 0 atom stereocenters. The molecule has 3 aromatic rings. The summed E-state index contributed by atoms with van der Waals surface area (Å²) in [5.74, 6) is 0.0526. The van der Waals surface area contributed by atoms with Crippen molar-refractivity contribution < 1.29 is 9.53 Å². The van der Waals surface area contributed by atoms with Crippen molar-refractivity contribution in [3.63, 3.8) is 0 Å². The van der Waals surface area contributed by atoms with Crippen LogP contribution in [0.15, 0.2) is 48.5 Å². The number of nitrogens with zero attached hydrogens (tertiary/aromatic N) is 2. The van der Waals surface area contributed by atoms with Gasteiger partial charge >= 0.3 is 0 Å². The second-order valence-corrected chi connectivity index (χ2v) is 7.71. The fourth-order valence-corrected chi connectivity index (χ4v) is 4.31. The molecular weight excluding hydrogens is 358 g/mol. The predicted octanol–water partition coefficient (Wildman–Crippen LogP) is 4.09. The Morgan fingerprint density at radius 1 is 1.11 bits per heavy atom. The van der Waals surface area contributed by atoms with E-state index in [1.54, 1.807) is 11.3 Å². The number of morpholine rings is 1. The van der Waals surface area contributed by atoms with Crippen LogP contribution < -0.4 is 10.2 Å². The highest BCUT2D eigenvalue weighted by atomic mass is 32.1. The molecule has 5 nitrogen and oxygen atoms in total. The topological polar surface area (TPSA) is 54.5 Å². The molecule has 27 heavy (non-hydrogen) atoms. The number of hydrogen-bond acceptors (Lipinski definition) is 5. The van der Waals surface area contributed by atoms with Gasteiger partial charge in [0.2, 0.25) is 5.91 Å². The SMILES string of the molecule is O=C(CCCc1nc2ccccc2s1)Nc1ccccc1N1CCOCC1. The van der Waals surface area contributed by atoms with Crippen LogP contribution in [0.1, 0.15) is 17.8 Å². The molecule has 0 saturated carbocycles. The first kappa shape index (κ1) is 17.9. The Morgan fingerprint density at radius 3 is 2.74 bits per heavy atom. The third-order valence-electron chi connectivity index (χ3n) is 4.66. The van der Waals surface area contributed by atoms with Crippen LogP contribution in [0, 0.1) is 0 Å². The zero-order valence-electron chi connectivity index (χ0n) is 15.2. The average molecular weight is 382 g/mol. The number of thiazole rings is 1. The number of rotatable bonds is 6. The van der Waals surface area contributed by atoms with Gasteiger partial charge in [-0.2, -0.15) is 0 Å². The molecule has 1 aromatic heterocycles. The van der Waals surface area contributed by atoms with E-state index in [2.05, 4.69) is 27.3 Å². The summed E-state index contributed by atoms with van der Waals surface area (Å²) in [5, 5.41) is 4.18. The summed E-state index contributed by atoms with van der Waals surface area (Å²) in [6, 6.07) is 16.2. The number of aryl methyl sites for hydroxylation is 1. The van der Waals surface area contributed by atoms with Gasteiger partial charge in [0.25, 0.3) is 0 Å². The van der Waals surface area contributed by atoms with E-state index in [4.69, 9.17) is 4.74 Å². The maximum atomic E-state index is 12.4. The number of carbonyl (C=O) groups excluding carboxylic acids is 1. The second-order valence-electron chi connectivity index (χ2n) is 6.59. The van der Waals surface area contributed by atoms with Crippen molar-refractivity contribution >= 4 is 38.8 Å². The first-order valence-corrected chi connectivity index (χ1v) is 10.2. The minimum absolute atomic E-state index is 0.0526. The molecule has 0 bridgehead atoms. The number of fused-ring (bicyclic) bond motifs is 1. The maximum Gasteiger partial charge on any atom is 0.224 e. The standard InChI is InChI=1S/C21H23N3O2S/c25-20(10-5-11-21-23-17-7-2-4-9-19(17)27-21)22-16-6-1-3-8-18(16)24-12-14-26-15-13-24/h1-4,6-9H,5,10-15H2,(H,22,25). The molecule has 1 saturated heterocycles. The summed E-state index contributed by atoms with van der Waals surface area (Å²) < 4.78 is 6.63. The molecule has 0 unspecified atom stereocenters. The highest BCUT2D eigenvalue weighted by Gasteiger charge is 2.15. The maximum absolute atomic E-state index is 12.4. The number of aromatic nitrogens is 1. The van der Waals surface area contributed by atoms with Crippen molar-refractivity contribution in [2.75, 3.05) is 36.5 Å². The van der Waals surface area contributed by atoms with Crippen molar-refractivity contribution in [1.29, 1.82) is 0 Å². The number of amides is 1. The molecule has 1 aliphatic heterocycles. The number of hydrogen-bond donors (Lipinski definition) is 1. The lowest BCUT2D eigenvalue weighted by Gasteiger charge is -2.30. The third-order valence-corrected chi connectivity index (χ3v) is 5.76. The van der Waals surface area contributed by atoms with Gasteiger partial charge in [-0.3, -0.25) is 4.79 Å². The Hall–Kier alpha value is -2.44. The zero-order valence-corrected chi connectivity index (χ0v) is 16.0. The van der Waals surface area contributed by atoms with Crippen molar-refractivity contribution in [2.24, 2.45) is 0 Å². The van der Waals surface area contributed by atoms with E-state index in [0.29, 0.717) is 6.42 Å². The molecular formula is C21H23N3O2S. The molecule has 1 fully saturated rings. The second kappa shape index (κ2) is 8.50. The average Bonchev–Trinajstić information content (AvgIpc) is 3.12. The Bertz CT molecular complexity index is 885. The van der Waals surface area contributed by atoms with Crippen LogP contribution in [0.2, 0.25) is 0 Å². The Balaban J connectivity index is 1.33. The Morgan fingerprint density at radius 2 is 1.89 bits per heavy atom. The molecule has 1 N–H and O–H groups in total. The molecule has 0 spiro atoms. The number of ether oxygens (including phenoxy) is 1. The minimum atomic E-state index is 0.0526. The molecule has 1 aliphatic rings. The summed E-state index contributed by atoms with van der Waals surface area (Å²) >= 11 is 1.71. The van der Waals surface area contributed by atoms with Crippen LogP contribution in [0.25, 0.3) is 10.2 Å². The van der Waals surface area contributed by atoms with Crippen LogP contribution >= 0.6 is 11.3 Å². The highest BCUT2D eigenvalue weighted by Crippen LogP contribution is 2.27. The normalized spacial score (nSPS) is 14.4. The summed E-state index contributed by atoms with van der Waals surface area (Å²) in [4.78, 5) is 19.3. The Labute approximate surface area is 163 Å². The molecule has 4 rings (SSSR count). The van der Waals surface area contributed by atoms with Crippen LogP contribution in [0.5, 0.6) is 0 Å². The lowest BCUT2D eigenvalue weighted by atomic mass is 10.2. The van der Waals surface area contributed by atoms with Gasteiger partial charge in [0.15, 0.2) is 0 Å². The van der Waals surface area contributed by atoms with Gasteiger partial charge in [0.05, 0.1) is 39.8 Å². The van der Waals surface area contributed by atoms with Crippen molar-refractivity contribution in [2.45, 2.75) is 19.3 Å². The van der Waals surface area contributed by atoms with Gasteiger partial charge in [0.1, 0.15) is 0 Å². The van der Waals surface area contributed by atoms with Crippen LogP contribution in [0.4, 0.5) is 11.4 Å². The van der Waals surface area contributed by atoms with E-state index in [9.17, 15) is 4.79 Å². The van der Waals surface area contributed by atoms with Crippen molar-refractivity contribution in [1.82, 2.24) is 4.98 Å². The molecule has 2 aromatic carbocycles. The molecule has 2 heterocycles. The Kier molecular flexibility index (Phi) is 5.65. The predicted molar refractivity (Wildman–Crippen MR) is 111 cm³/mol. The van der Waals surface area contributed by atoms with Gasteiger partial charge in [-0.15, -0.1) is 11.3 Å². The number of para-hydroxylation sites is 3. The summed E-state index contributed by atoms with van der Waals surface area (Å²) in [6.07, 6.45) is 2.12. The summed E-state index contributed by atoms with van der Waals surface area (Å²) in [7, 11) is 0. The van der Waals surface area contributed by atoms with Gasteiger partial charge in [0, 0.05) is 19.5 Å². The number of nitrogens with one attached hydrogen (secondary N) is 1. The van der Waals surface area contributed by atoms with Crippen molar-refractivity contribution in [3.8, 4) is 0 Å². The quantitative estimate of drug-likeness (QED) is 0.699. The first-order chi connectivity index (χ1) is 13.3. The molecule has 0 aliphatic carbocycles. The molecule has 140 valence electrons. The number of anilines is 2. The van der Waals surface area contributed by atoms with Crippen LogP contribution in [-0.4, -0.2) is 37.2 Å². The third kappa shape index (κ3) is 4.46. The van der Waals surface area contributed by atoms with E-state index in [0.717, 1.165) is 61.0 Å². The van der Waals surface area contributed by atoms with E-state index < -0.39 is 0 Å². The molecule has 1 amide bonds. The monoisotopic (exact) mass is 381 g/mol. The van der Waals surface area contributed by atoms with Crippen LogP contribution in [0.3, 0.4) is 0 Å². The fourth-order valence-electron chi connectivity index (χ4n) is 3.30. The lowest BCUT2D eigenvalue weighted by Crippen LogP contribution is -2.36. The minimum Gasteiger partial charge on any atom is -0.378 e. The molecule has 0 radical (unpaired) electrons. The molecule has 6 heteroatoms. The van der Waals surface area contributed by atoms with Gasteiger partial charge in [-0.05, 0) is 37.1 Å². The summed E-state index contributed by atoms with van der Waals surface area (Å²) in [5.41, 5.74) is 2.99. The van der Waals surface area contributed by atoms with E-state index in [1.807, 2.05) is 36.4 Å².